The van der Waals surface area contributed by atoms with Crippen LogP contribution >= 0.6 is 0 Å². The van der Waals surface area contributed by atoms with E-state index < -0.39 is 17.5 Å². The molecule has 1 atom stereocenters. The fourth-order valence-corrected chi connectivity index (χ4v) is 3.31. The van der Waals surface area contributed by atoms with Crippen molar-refractivity contribution in [2.45, 2.75) is 19.0 Å². The molecule has 0 saturated carbocycles. The molecule has 1 unspecified atom stereocenters. The number of carbonyl (C=O) groups is 2. The van der Waals surface area contributed by atoms with Crippen LogP contribution in [0.5, 0.6) is 5.75 Å². The van der Waals surface area contributed by atoms with E-state index in [-0.39, 0.29) is 11.3 Å². The second-order valence-electron chi connectivity index (χ2n) is 6.06. The van der Waals surface area contributed by atoms with E-state index in [1.807, 2.05) is 10.6 Å². The molecule has 2 heterocycles. The molecule has 130 valence electrons. The van der Waals surface area contributed by atoms with Gasteiger partial charge in [-0.05, 0) is 48.9 Å². The van der Waals surface area contributed by atoms with Crippen LogP contribution in [0.25, 0.3) is 11.3 Å². The number of nitrogens with one attached hydrogen (secondary N) is 1. The number of fused-ring (bicyclic) bond motifs is 1. The van der Waals surface area contributed by atoms with Crippen LogP contribution in [0.2, 0.25) is 0 Å². The maximum Gasteiger partial charge on any atom is 0.334 e. The minimum atomic E-state index is -1.30. The molecule has 2 aromatic rings. The van der Waals surface area contributed by atoms with Crippen molar-refractivity contribution in [1.29, 1.82) is 0 Å². The molecule has 1 aliphatic heterocycles. The summed E-state index contributed by atoms with van der Waals surface area (Å²) in [6.07, 6.45) is 0.734. The van der Waals surface area contributed by atoms with Crippen molar-refractivity contribution in [2.75, 3.05) is 6.54 Å². The Morgan fingerprint density at radius 1 is 1.16 bits per heavy atom. The lowest BCUT2D eigenvalue weighted by atomic mass is 9.86. The van der Waals surface area contributed by atoms with E-state index in [0.29, 0.717) is 18.8 Å². The van der Waals surface area contributed by atoms with Crippen LogP contribution < -0.4 is 5.32 Å². The number of aliphatic carboxylic acids is 2. The SMILES string of the molecule is CC1(C(=CC(=O)O)C(=O)O)NCCn2c(-c3ccc(O)cc3)ccc21. The van der Waals surface area contributed by atoms with E-state index in [9.17, 15) is 19.8 Å². The fourth-order valence-electron chi connectivity index (χ4n) is 3.31. The van der Waals surface area contributed by atoms with Crippen LogP contribution in [0.15, 0.2) is 48.0 Å². The summed E-state index contributed by atoms with van der Waals surface area (Å²) in [6, 6.07) is 10.4. The standard InChI is InChI=1S/C18H18N2O5/c1-18(13(17(24)25)10-16(22)23)15-7-6-14(20(15)9-8-19-18)11-2-4-12(21)5-3-11/h2-7,10,19,21H,8-9H2,1H3,(H,22,23)(H,24,25). The van der Waals surface area contributed by atoms with Crippen LogP contribution in [-0.2, 0) is 21.7 Å². The first-order valence-electron chi connectivity index (χ1n) is 7.76. The molecule has 1 aromatic carbocycles. The number of carboxylic acid groups (broad SMARTS) is 2. The van der Waals surface area contributed by atoms with E-state index in [1.54, 1.807) is 37.3 Å². The third kappa shape index (κ3) is 2.89. The topological polar surface area (TPSA) is 112 Å². The number of phenolic OH excluding ortho intramolecular Hbond substituents is 1. The summed E-state index contributed by atoms with van der Waals surface area (Å²) in [4.78, 5) is 22.7. The molecular weight excluding hydrogens is 324 g/mol. The van der Waals surface area contributed by atoms with E-state index in [4.69, 9.17) is 5.11 Å². The molecule has 0 aliphatic carbocycles. The van der Waals surface area contributed by atoms with Crippen LogP contribution in [0, 0.1) is 0 Å². The van der Waals surface area contributed by atoms with Gasteiger partial charge in [-0.3, -0.25) is 0 Å². The normalized spacial score (nSPS) is 20.1. The predicted octanol–water partition coefficient (Wildman–Crippen LogP) is 1.77. The highest BCUT2D eigenvalue weighted by Crippen LogP contribution is 2.36. The highest BCUT2D eigenvalue weighted by Gasteiger charge is 2.40. The molecule has 0 fully saturated rings. The molecule has 0 spiro atoms. The Morgan fingerprint density at radius 2 is 1.84 bits per heavy atom. The van der Waals surface area contributed by atoms with Gasteiger partial charge in [0.15, 0.2) is 0 Å². The smallest absolute Gasteiger partial charge is 0.334 e. The van der Waals surface area contributed by atoms with Gasteiger partial charge in [-0.1, -0.05) is 0 Å². The molecule has 0 amide bonds. The number of aromatic nitrogens is 1. The first-order valence-corrected chi connectivity index (χ1v) is 7.76. The second kappa shape index (κ2) is 6.10. The summed E-state index contributed by atoms with van der Waals surface area (Å²) in [5.74, 6) is -2.42. The summed E-state index contributed by atoms with van der Waals surface area (Å²) in [5, 5.41) is 31.1. The number of rotatable bonds is 4. The monoisotopic (exact) mass is 342 g/mol. The number of hydrogen-bond donors (Lipinski definition) is 4. The summed E-state index contributed by atoms with van der Waals surface area (Å²) in [5.41, 5.74) is 1.08. The number of hydrogen-bond acceptors (Lipinski definition) is 4. The Labute approximate surface area is 143 Å². The highest BCUT2D eigenvalue weighted by molar-refractivity contribution is 5.96. The Kier molecular flexibility index (Phi) is 4.10. The molecule has 1 aliphatic rings. The summed E-state index contributed by atoms with van der Waals surface area (Å²) < 4.78 is 1.97. The molecular formula is C18H18N2O5. The van der Waals surface area contributed by atoms with Gasteiger partial charge in [0.25, 0.3) is 0 Å². The van der Waals surface area contributed by atoms with Crippen LogP contribution in [0.3, 0.4) is 0 Å². The first kappa shape index (κ1) is 16.8. The Bertz CT molecular complexity index is 866. The molecule has 25 heavy (non-hydrogen) atoms. The van der Waals surface area contributed by atoms with Crippen LogP contribution in [0.1, 0.15) is 12.6 Å². The summed E-state index contributed by atoms with van der Waals surface area (Å²) >= 11 is 0. The van der Waals surface area contributed by atoms with E-state index in [0.717, 1.165) is 17.3 Å². The highest BCUT2D eigenvalue weighted by atomic mass is 16.4. The first-order chi connectivity index (χ1) is 11.8. The third-order valence-corrected chi connectivity index (χ3v) is 4.51. The third-order valence-electron chi connectivity index (χ3n) is 4.51. The average molecular weight is 342 g/mol. The van der Waals surface area contributed by atoms with Gasteiger partial charge in [0.2, 0.25) is 0 Å². The zero-order valence-electron chi connectivity index (χ0n) is 13.6. The number of phenols is 1. The Morgan fingerprint density at radius 3 is 2.44 bits per heavy atom. The van der Waals surface area contributed by atoms with Crippen molar-refractivity contribution in [3.63, 3.8) is 0 Å². The molecule has 0 saturated heterocycles. The fraction of sp³-hybridized carbons (Fsp3) is 0.222. The van der Waals surface area contributed by atoms with Gasteiger partial charge in [0, 0.05) is 30.6 Å². The predicted molar refractivity (Wildman–Crippen MR) is 90.2 cm³/mol. The van der Waals surface area contributed by atoms with Gasteiger partial charge in [-0.2, -0.15) is 0 Å². The zero-order chi connectivity index (χ0) is 18.2. The number of carboxylic acids is 2. The van der Waals surface area contributed by atoms with Crippen molar-refractivity contribution in [2.24, 2.45) is 0 Å². The summed E-state index contributed by atoms with van der Waals surface area (Å²) in [6.45, 7) is 2.78. The van der Waals surface area contributed by atoms with Crippen molar-refractivity contribution >= 4 is 11.9 Å². The molecule has 7 heteroatoms. The van der Waals surface area contributed by atoms with Crippen molar-refractivity contribution in [3.05, 3.63) is 53.7 Å². The lowest BCUT2D eigenvalue weighted by molar-refractivity contribution is -0.136. The molecule has 3 rings (SSSR count). The van der Waals surface area contributed by atoms with Gasteiger partial charge >= 0.3 is 11.9 Å². The lowest BCUT2D eigenvalue weighted by Crippen LogP contribution is -2.50. The maximum atomic E-state index is 11.7. The lowest BCUT2D eigenvalue weighted by Gasteiger charge is -2.37. The molecule has 1 aromatic heterocycles. The van der Waals surface area contributed by atoms with Gasteiger partial charge in [0.05, 0.1) is 11.1 Å². The molecule has 0 bridgehead atoms. The maximum absolute atomic E-state index is 11.7. The van der Waals surface area contributed by atoms with Gasteiger partial charge in [0.1, 0.15) is 5.75 Å². The van der Waals surface area contributed by atoms with Crippen LogP contribution in [0.4, 0.5) is 0 Å². The number of aromatic hydroxyl groups is 1. The van der Waals surface area contributed by atoms with E-state index >= 15 is 0 Å². The Balaban J connectivity index is 2.13. The van der Waals surface area contributed by atoms with Crippen molar-refractivity contribution in [1.82, 2.24) is 9.88 Å². The summed E-state index contributed by atoms with van der Waals surface area (Å²) in [7, 11) is 0. The minimum absolute atomic E-state index is 0.165. The van der Waals surface area contributed by atoms with E-state index in [1.165, 1.54) is 0 Å². The van der Waals surface area contributed by atoms with Crippen molar-refractivity contribution in [3.8, 4) is 17.0 Å². The molecule has 4 N–H and O–H groups in total. The van der Waals surface area contributed by atoms with Gasteiger partial charge < -0.3 is 25.2 Å². The van der Waals surface area contributed by atoms with Gasteiger partial charge in [-0.15, -0.1) is 0 Å². The van der Waals surface area contributed by atoms with Crippen LogP contribution in [-0.4, -0.2) is 38.4 Å². The second-order valence-corrected chi connectivity index (χ2v) is 6.06. The van der Waals surface area contributed by atoms with Gasteiger partial charge in [-0.25, -0.2) is 9.59 Å². The molecule has 0 radical (unpaired) electrons. The number of nitrogens with zero attached hydrogens (tertiary/aromatic N) is 1. The van der Waals surface area contributed by atoms with E-state index in [2.05, 4.69) is 5.32 Å². The average Bonchev–Trinajstić information content (AvgIpc) is 2.98. The Hall–Kier alpha value is -3.06. The number of benzene rings is 1. The zero-order valence-corrected chi connectivity index (χ0v) is 13.6. The van der Waals surface area contributed by atoms with Crippen molar-refractivity contribution < 1.29 is 24.9 Å². The minimum Gasteiger partial charge on any atom is -0.508 e. The molecule has 7 nitrogen and oxygen atoms in total. The quantitative estimate of drug-likeness (QED) is 0.630. The largest absolute Gasteiger partial charge is 0.508 e.